The molecular weight excluding hydrogens is 582 g/mol. The number of hydrogen-bond acceptors (Lipinski definition) is 12. The molecule has 4 unspecified atom stereocenters. The standard InChI is InChI=1S/C20H30N2O5.C13H23NO4/c1-4-26-19(23)10-16-13-22(12-15-6-8-18(25-3)9-7-15)14-17(21-16)11-20(24)27-5-2;1-3-17-12(15)8-10-6-5-7-11(14-10)9-13(16)18-4-2/h6-9,16-17,21H,4-5,10-14H2,1-3H3;10-11,14H,3-9H2,1-2H3. The summed E-state index contributed by atoms with van der Waals surface area (Å²) in [5.41, 5.74) is 1.16. The van der Waals surface area contributed by atoms with Gasteiger partial charge in [0.1, 0.15) is 5.75 Å². The van der Waals surface area contributed by atoms with E-state index in [1.807, 2.05) is 24.3 Å². The van der Waals surface area contributed by atoms with E-state index in [0.29, 0.717) is 52.4 Å². The lowest BCUT2D eigenvalue weighted by molar-refractivity contribution is -0.146. The predicted octanol–water partition coefficient (Wildman–Crippen LogP) is 3.15. The number of hydrogen-bond donors (Lipinski definition) is 2. The highest BCUT2D eigenvalue weighted by molar-refractivity contribution is 5.71. The number of nitrogens with one attached hydrogen (secondary N) is 2. The second kappa shape index (κ2) is 21.5. The fourth-order valence-corrected chi connectivity index (χ4v) is 5.62. The summed E-state index contributed by atoms with van der Waals surface area (Å²) in [6.07, 6.45) is 4.27. The minimum atomic E-state index is -0.226. The Morgan fingerprint density at radius 1 is 0.644 bits per heavy atom. The molecule has 2 heterocycles. The highest BCUT2D eigenvalue weighted by Crippen LogP contribution is 2.19. The summed E-state index contributed by atoms with van der Waals surface area (Å²) in [6, 6.07) is 8.05. The Hall–Kier alpha value is -3.22. The first-order valence-corrected chi connectivity index (χ1v) is 16.2. The third-order valence-corrected chi connectivity index (χ3v) is 7.44. The van der Waals surface area contributed by atoms with Crippen molar-refractivity contribution >= 4 is 23.9 Å². The van der Waals surface area contributed by atoms with E-state index < -0.39 is 0 Å². The molecule has 0 bridgehead atoms. The van der Waals surface area contributed by atoms with Gasteiger partial charge in [-0.25, -0.2) is 0 Å². The van der Waals surface area contributed by atoms with E-state index >= 15 is 0 Å². The van der Waals surface area contributed by atoms with Gasteiger partial charge in [-0.15, -0.1) is 0 Å². The van der Waals surface area contributed by atoms with Crippen molar-refractivity contribution in [2.45, 2.75) is 103 Å². The smallest absolute Gasteiger partial charge is 0.307 e. The lowest BCUT2D eigenvalue weighted by Crippen LogP contribution is -2.57. The topological polar surface area (TPSA) is 142 Å². The van der Waals surface area contributed by atoms with Gasteiger partial charge in [0.25, 0.3) is 0 Å². The Morgan fingerprint density at radius 2 is 1.02 bits per heavy atom. The molecule has 2 fully saturated rings. The van der Waals surface area contributed by atoms with Crippen molar-refractivity contribution in [1.82, 2.24) is 15.5 Å². The Balaban J connectivity index is 0.000000341. The number of carbonyl (C=O) groups excluding carboxylic acids is 4. The number of carbonyl (C=O) groups is 4. The molecule has 2 aliphatic rings. The maximum Gasteiger partial charge on any atom is 0.307 e. The van der Waals surface area contributed by atoms with Crippen LogP contribution >= 0.6 is 0 Å². The number of rotatable bonds is 15. The van der Waals surface area contributed by atoms with Crippen molar-refractivity contribution in [2.75, 3.05) is 46.6 Å². The minimum absolute atomic E-state index is 0.0597. The quantitative estimate of drug-likeness (QED) is 0.216. The van der Waals surface area contributed by atoms with Crippen LogP contribution in [-0.2, 0) is 44.7 Å². The van der Waals surface area contributed by atoms with Crippen LogP contribution in [-0.4, -0.2) is 99.6 Å². The largest absolute Gasteiger partial charge is 0.497 e. The molecule has 3 rings (SSSR count). The summed E-state index contributed by atoms with van der Waals surface area (Å²) in [5, 5.41) is 6.73. The van der Waals surface area contributed by atoms with E-state index in [1.165, 1.54) is 0 Å². The van der Waals surface area contributed by atoms with Crippen LogP contribution in [0, 0.1) is 0 Å². The van der Waals surface area contributed by atoms with Gasteiger partial charge in [0.05, 0.1) is 59.2 Å². The number of methoxy groups -OCH3 is 1. The Kier molecular flexibility index (Phi) is 18.1. The molecule has 2 aliphatic heterocycles. The SMILES string of the molecule is CCOC(=O)CC1CCCC(CC(=O)OCC)N1.CCOC(=O)CC1CN(Cc2ccc(OC)cc2)CC(CC(=O)OCC)N1. The fraction of sp³-hybridized carbons (Fsp3) is 0.697. The van der Waals surface area contributed by atoms with Gasteiger partial charge in [-0.1, -0.05) is 18.6 Å². The van der Waals surface area contributed by atoms with E-state index in [1.54, 1.807) is 34.8 Å². The van der Waals surface area contributed by atoms with E-state index in [9.17, 15) is 19.2 Å². The Bertz CT molecular complexity index is 983. The molecule has 0 amide bonds. The van der Waals surface area contributed by atoms with Crippen molar-refractivity contribution in [1.29, 1.82) is 0 Å². The van der Waals surface area contributed by atoms with Gasteiger partial charge in [0, 0.05) is 43.8 Å². The van der Waals surface area contributed by atoms with Gasteiger partial charge < -0.3 is 34.3 Å². The molecule has 0 saturated carbocycles. The summed E-state index contributed by atoms with van der Waals surface area (Å²) >= 11 is 0. The van der Waals surface area contributed by atoms with Crippen LogP contribution in [0.3, 0.4) is 0 Å². The molecule has 2 saturated heterocycles. The van der Waals surface area contributed by atoms with Gasteiger partial charge in [-0.3, -0.25) is 24.1 Å². The molecule has 12 heteroatoms. The monoisotopic (exact) mass is 635 g/mol. The third-order valence-electron chi connectivity index (χ3n) is 7.44. The first-order valence-electron chi connectivity index (χ1n) is 16.2. The average Bonchev–Trinajstić information content (AvgIpc) is 2.98. The average molecular weight is 636 g/mol. The number of piperazine rings is 1. The number of esters is 4. The molecule has 2 N–H and O–H groups in total. The van der Waals surface area contributed by atoms with E-state index in [-0.39, 0.29) is 60.9 Å². The summed E-state index contributed by atoms with van der Waals surface area (Å²) in [7, 11) is 1.64. The van der Waals surface area contributed by atoms with Crippen molar-refractivity contribution in [3.8, 4) is 5.75 Å². The summed E-state index contributed by atoms with van der Waals surface area (Å²) < 4.78 is 25.2. The first-order chi connectivity index (χ1) is 21.7. The maximum atomic E-state index is 11.9. The molecule has 4 atom stereocenters. The van der Waals surface area contributed by atoms with Crippen LogP contribution in [0.5, 0.6) is 5.75 Å². The van der Waals surface area contributed by atoms with Crippen molar-refractivity contribution in [2.24, 2.45) is 0 Å². The van der Waals surface area contributed by atoms with Crippen LogP contribution in [0.1, 0.15) is 78.2 Å². The lowest BCUT2D eigenvalue weighted by atomic mass is 9.95. The molecule has 1 aromatic rings. The van der Waals surface area contributed by atoms with E-state index in [2.05, 4.69) is 15.5 Å². The molecule has 1 aromatic carbocycles. The number of nitrogens with zero attached hydrogens (tertiary/aromatic N) is 1. The fourth-order valence-electron chi connectivity index (χ4n) is 5.62. The number of benzene rings is 1. The highest BCUT2D eigenvalue weighted by atomic mass is 16.5. The second-order valence-corrected chi connectivity index (χ2v) is 11.1. The van der Waals surface area contributed by atoms with Crippen LogP contribution < -0.4 is 15.4 Å². The van der Waals surface area contributed by atoms with Crippen LogP contribution in [0.25, 0.3) is 0 Å². The van der Waals surface area contributed by atoms with Gasteiger partial charge in [-0.05, 0) is 58.2 Å². The lowest BCUT2D eigenvalue weighted by Gasteiger charge is -2.38. The zero-order valence-electron chi connectivity index (χ0n) is 27.6. The predicted molar refractivity (Wildman–Crippen MR) is 169 cm³/mol. The summed E-state index contributed by atoms with van der Waals surface area (Å²) in [5.74, 6) is 0.0189. The van der Waals surface area contributed by atoms with Gasteiger partial charge >= 0.3 is 23.9 Å². The molecule has 0 aromatic heterocycles. The summed E-state index contributed by atoms with van der Waals surface area (Å²) in [4.78, 5) is 48.8. The molecular formula is C33H53N3O9. The van der Waals surface area contributed by atoms with Crippen LogP contribution in [0.15, 0.2) is 24.3 Å². The maximum absolute atomic E-state index is 11.9. The van der Waals surface area contributed by atoms with Gasteiger partial charge in [0.15, 0.2) is 0 Å². The van der Waals surface area contributed by atoms with Gasteiger partial charge in [0.2, 0.25) is 0 Å². The normalized spacial score (nSPS) is 21.4. The molecule has 45 heavy (non-hydrogen) atoms. The summed E-state index contributed by atoms with van der Waals surface area (Å²) in [6.45, 7) is 10.9. The highest BCUT2D eigenvalue weighted by Gasteiger charge is 2.30. The molecule has 0 radical (unpaired) electrons. The van der Waals surface area contributed by atoms with Crippen molar-refractivity contribution in [3.63, 3.8) is 0 Å². The first kappa shape index (κ1) is 38.0. The van der Waals surface area contributed by atoms with Crippen molar-refractivity contribution < 1.29 is 42.9 Å². The molecule has 254 valence electrons. The Labute approximate surface area is 267 Å². The Morgan fingerprint density at radius 3 is 1.40 bits per heavy atom. The second-order valence-electron chi connectivity index (χ2n) is 11.1. The third kappa shape index (κ3) is 15.6. The van der Waals surface area contributed by atoms with E-state index in [0.717, 1.165) is 37.1 Å². The van der Waals surface area contributed by atoms with Crippen molar-refractivity contribution in [3.05, 3.63) is 29.8 Å². The zero-order valence-corrected chi connectivity index (χ0v) is 27.6. The molecule has 12 nitrogen and oxygen atoms in total. The van der Waals surface area contributed by atoms with Crippen LogP contribution in [0.2, 0.25) is 0 Å². The minimum Gasteiger partial charge on any atom is -0.497 e. The molecule has 0 aliphatic carbocycles. The van der Waals surface area contributed by atoms with Gasteiger partial charge in [-0.2, -0.15) is 0 Å². The number of piperidine rings is 1. The van der Waals surface area contributed by atoms with Crippen LogP contribution in [0.4, 0.5) is 0 Å². The zero-order chi connectivity index (χ0) is 33.0. The van der Waals surface area contributed by atoms with E-state index in [4.69, 9.17) is 23.7 Å². The number of ether oxygens (including phenoxy) is 5. The molecule has 0 spiro atoms.